The summed E-state index contributed by atoms with van der Waals surface area (Å²) in [7, 11) is 0. The van der Waals surface area contributed by atoms with Crippen molar-refractivity contribution in [2.24, 2.45) is 11.7 Å². The maximum absolute atomic E-state index is 11.0. The summed E-state index contributed by atoms with van der Waals surface area (Å²) in [4.78, 5) is 11.0. The molecule has 0 bridgehead atoms. The van der Waals surface area contributed by atoms with E-state index < -0.39 is 0 Å². The van der Waals surface area contributed by atoms with Gasteiger partial charge in [-0.05, 0) is 31.6 Å². The van der Waals surface area contributed by atoms with Crippen LogP contribution < -0.4 is 5.73 Å². The summed E-state index contributed by atoms with van der Waals surface area (Å²) in [5.41, 5.74) is 7.03. The van der Waals surface area contributed by atoms with E-state index in [9.17, 15) is 4.79 Å². The van der Waals surface area contributed by atoms with E-state index in [0.717, 1.165) is 17.3 Å². The van der Waals surface area contributed by atoms with Crippen LogP contribution in [0.1, 0.15) is 57.0 Å². The van der Waals surface area contributed by atoms with Crippen LogP contribution in [-0.4, -0.2) is 20.9 Å². The average Bonchev–Trinajstić information content (AvgIpc) is 2.98. The molecule has 1 heterocycles. The molecule has 0 radical (unpaired) electrons. The van der Waals surface area contributed by atoms with E-state index in [-0.39, 0.29) is 12.3 Å². The van der Waals surface area contributed by atoms with Gasteiger partial charge in [0.1, 0.15) is 0 Å². The van der Waals surface area contributed by atoms with Crippen LogP contribution in [0.3, 0.4) is 0 Å². The fourth-order valence-electron chi connectivity index (χ4n) is 2.30. The first-order valence-electron chi connectivity index (χ1n) is 6.23. The smallest absolute Gasteiger partial charge is 0.223 e. The average molecular weight is 236 g/mol. The molecule has 1 fully saturated rings. The fraction of sp³-hybridized carbons (Fsp3) is 0.750. The lowest BCUT2D eigenvalue weighted by atomic mass is 10.0. The minimum atomic E-state index is -0.349. The van der Waals surface area contributed by atoms with E-state index in [1.165, 1.54) is 12.8 Å². The number of aromatic nitrogens is 3. The van der Waals surface area contributed by atoms with Crippen molar-refractivity contribution in [1.82, 2.24) is 15.0 Å². The highest BCUT2D eigenvalue weighted by atomic mass is 16.1. The molecule has 1 aromatic heterocycles. The molecule has 2 N–H and O–H groups in total. The molecule has 5 nitrogen and oxygen atoms in total. The summed E-state index contributed by atoms with van der Waals surface area (Å²) in [6, 6.07) is 0.376. The van der Waals surface area contributed by atoms with E-state index >= 15 is 0 Å². The maximum atomic E-state index is 11.0. The van der Waals surface area contributed by atoms with Gasteiger partial charge in [0, 0.05) is 0 Å². The molecule has 2 rings (SSSR count). The Labute approximate surface area is 101 Å². The van der Waals surface area contributed by atoms with Gasteiger partial charge in [0.05, 0.1) is 23.9 Å². The summed E-state index contributed by atoms with van der Waals surface area (Å²) in [6.07, 6.45) is 2.72. The normalized spacial score (nSPS) is 17.4. The molecule has 0 saturated heterocycles. The Hall–Kier alpha value is -1.39. The third kappa shape index (κ3) is 2.48. The molecule has 1 aliphatic rings. The molecule has 1 aromatic rings. The van der Waals surface area contributed by atoms with Gasteiger partial charge >= 0.3 is 0 Å². The van der Waals surface area contributed by atoms with E-state index in [4.69, 9.17) is 5.73 Å². The quantitative estimate of drug-likeness (QED) is 0.839. The Morgan fingerprint density at radius 1 is 1.47 bits per heavy atom. The van der Waals surface area contributed by atoms with Gasteiger partial charge in [-0.1, -0.05) is 19.1 Å². The number of hydrogen-bond donors (Lipinski definition) is 1. The van der Waals surface area contributed by atoms with Crippen LogP contribution in [0.25, 0.3) is 0 Å². The molecule has 17 heavy (non-hydrogen) atoms. The maximum Gasteiger partial charge on any atom is 0.223 e. The van der Waals surface area contributed by atoms with Gasteiger partial charge in [-0.25, -0.2) is 4.68 Å². The van der Waals surface area contributed by atoms with Crippen LogP contribution in [0.2, 0.25) is 0 Å². The standard InChI is InChI=1S/C12H20N4O/c1-7(2)12-10(6-11(13)17)14-15-16(12)8(3)9-4-5-9/h7-9H,4-6H2,1-3H3,(H2,13,17). The molecule has 0 aromatic carbocycles. The second kappa shape index (κ2) is 4.47. The Kier molecular flexibility index (Phi) is 3.17. The van der Waals surface area contributed by atoms with Gasteiger partial charge < -0.3 is 5.73 Å². The summed E-state index contributed by atoms with van der Waals surface area (Å²) in [5.74, 6) is 0.675. The Morgan fingerprint density at radius 3 is 2.59 bits per heavy atom. The van der Waals surface area contributed by atoms with E-state index in [2.05, 4.69) is 31.1 Å². The van der Waals surface area contributed by atoms with Gasteiger partial charge in [-0.15, -0.1) is 5.10 Å². The van der Waals surface area contributed by atoms with E-state index in [1.807, 2.05) is 4.68 Å². The van der Waals surface area contributed by atoms with Crippen molar-refractivity contribution in [1.29, 1.82) is 0 Å². The Morgan fingerprint density at radius 2 is 2.12 bits per heavy atom. The molecule has 1 atom stereocenters. The van der Waals surface area contributed by atoms with Crippen molar-refractivity contribution in [2.45, 2.75) is 52.0 Å². The van der Waals surface area contributed by atoms with Gasteiger partial charge in [-0.3, -0.25) is 4.79 Å². The number of hydrogen-bond acceptors (Lipinski definition) is 3. The lowest BCUT2D eigenvalue weighted by Gasteiger charge is -2.16. The molecule has 0 spiro atoms. The Bertz CT molecular complexity index is 420. The van der Waals surface area contributed by atoms with Crippen LogP contribution in [-0.2, 0) is 11.2 Å². The summed E-state index contributed by atoms with van der Waals surface area (Å²) in [6.45, 7) is 6.37. The first-order chi connectivity index (χ1) is 8.00. The van der Waals surface area contributed by atoms with Crippen LogP contribution in [0, 0.1) is 5.92 Å². The van der Waals surface area contributed by atoms with E-state index in [0.29, 0.717) is 12.0 Å². The van der Waals surface area contributed by atoms with Gasteiger partial charge in [-0.2, -0.15) is 0 Å². The molecular formula is C12H20N4O. The third-order valence-corrected chi connectivity index (χ3v) is 3.38. The zero-order valence-corrected chi connectivity index (χ0v) is 10.7. The highest BCUT2D eigenvalue weighted by Crippen LogP contribution is 2.40. The minimum Gasteiger partial charge on any atom is -0.369 e. The number of nitrogens with two attached hydrogens (primary N) is 1. The van der Waals surface area contributed by atoms with Crippen molar-refractivity contribution in [2.75, 3.05) is 0 Å². The molecule has 1 aliphatic carbocycles. The van der Waals surface area contributed by atoms with Crippen molar-refractivity contribution in [3.8, 4) is 0 Å². The summed E-state index contributed by atoms with van der Waals surface area (Å²) < 4.78 is 1.99. The third-order valence-electron chi connectivity index (χ3n) is 3.38. The van der Waals surface area contributed by atoms with Gasteiger partial charge in [0.15, 0.2) is 0 Å². The first kappa shape index (κ1) is 12.1. The summed E-state index contributed by atoms with van der Waals surface area (Å²) in [5, 5.41) is 8.33. The minimum absolute atomic E-state index is 0.185. The topological polar surface area (TPSA) is 73.8 Å². The second-order valence-corrected chi connectivity index (χ2v) is 5.24. The van der Waals surface area contributed by atoms with Gasteiger partial charge in [0.2, 0.25) is 5.91 Å². The Balaban J connectivity index is 2.31. The van der Waals surface area contributed by atoms with Crippen molar-refractivity contribution >= 4 is 5.91 Å². The molecule has 1 amide bonds. The SMILES string of the molecule is CC(C)c1c(CC(N)=O)nnn1C(C)C1CC1. The number of nitrogens with zero attached hydrogens (tertiary/aromatic N) is 3. The van der Waals surface area contributed by atoms with Crippen molar-refractivity contribution in [3.63, 3.8) is 0 Å². The number of rotatable bonds is 5. The van der Waals surface area contributed by atoms with Crippen LogP contribution in [0.4, 0.5) is 0 Å². The zero-order chi connectivity index (χ0) is 12.6. The van der Waals surface area contributed by atoms with Crippen molar-refractivity contribution < 1.29 is 4.79 Å². The lowest BCUT2D eigenvalue weighted by molar-refractivity contribution is -0.117. The second-order valence-electron chi connectivity index (χ2n) is 5.24. The molecule has 0 aliphatic heterocycles. The molecule has 94 valence electrons. The highest BCUT2D eigenvalue weighted by Gasteiger charge is 2.32. The number of carbonyl (C=O) groups is 1. The highest BCUT2D eigenvalue weighted by molar-refractivity contribution is 5.76. The summed E-state index contributed by atoms with van der Waals surface area (Å²) >= 11 is 0. The predicted molar refractivity (Wildman–Crippen MR) is 64.4 cm³/mol. The fourth-order valence-corrected chi connectivity index (χ4v) is 2.30. The van der Waals surface area contributed by atoms with Crippen LogP contribution in [0.5, 0.6) is 0 Å². The number of primary amides is 1. The lowest BCUT2D eigenvalue weighted by Crippen LogP contribution is -2.17. The molecule has 5 heteroatoms. The molecular weight excluding hydrogens is 216 g/mol. The van der Waals surface area contributed by atoms with Crippen LogP contribution in [0.15, 0.2) is 0 Å². The van der Waals surface area contributed by atoms with Crippen molar-refractivity contribution in [3.05, 3.63) is 11.4 Å². The van der Waals surface area contributed by atoms with E-state index in [1.54, 1.807) is 0 Å². The first-order valence-corrected chi connectivity index (χ1v) is 6.23. The van der Waals surface area contributed by atoms with Crippen LogP contribution >= 0.6 is 0 Å². The number of amides is 1. The van der Waals surface area contributed by atoms with Gasteiger partial charge in [0.25, 0.3) is 0 Å². The molecule has 1 saturated carbocycles. The largest absolute Gasteiger partial charge is 0.369 e. The number of carbonyl (C=O) groups excluding carboxylic acids is 1. The molecule has 1 unspecified atom stereocenters. The predicted octanol–water partition coefficient (Wildman–Crippen LogP) is 1.40. The zero-order valence-electron chi connectivity index (χ0n) is 10.7. The monoisotopic (exact) mass is 236 g/mol.